The zero-order valence-electron chi connectivity index (χ0n) is 11.7. The van der Waals surface area contributed by atoms with Gasteiger partial charge in [0, 0.05) is 32.7 Å². The molecule has 1 atom stereocenters. The van der Waals surface area contributed by atoms with Crippen molar-refractivity contribution >= 4 is 12.0 Å². The lowest BCUT2D eigenvalue weighted by atomic mass is 10.1. The van der Waals surface area contributed by atoms with Crippen molar-refractivity contribution in [1.29, 1.82) is 0 Å². The van der Waals surface area contributed by atoms with Gasteiger partial charge in [-0.1, -0.05) is 6.08 Å². The summed E-state index contributed by atoms with van der Waals surface area (Å²) in [6.07, 6.45) is 2.98. The van der Waals surface area contributed by atoms with Crippen LogP contribution in [0, 0.1) is 0 Å². The summed E-state index contributed by atoms with van der Waals surface area (Å²) >= 11 is 0. The molecule has 2 amide bonds. The number of amides is 2. The first kappa shape index (κ1) is 17.4. The van der Waals surface area contributed by atoms with Crippen molar-refractivity contribution < 1.29 is 19.4 Å². The Morgan fingerprint density at radius 1 is 1.53 bits per heavy atom. The van der Waals surface area contributed by atoms with E-state index in [9.17, 15) is 9.59 Å². The van der Waals surface area contributed by atoms with E-state index in [-0.39, 0.29) is 18.5 Å². The third kappa shape index (κ3) is 9.07. The topological polar surface area (TPSA) is 78.9 Å². The molecule has 0 aromatic carbocycles. The molecule has 0 aromatic rings. The number of ether oxygens (including phenoxy) is 1. The maximum atomic E-state index is 11.9. The van der Waals surface area contributed by atoms with E-state index in [4.69, 9.17) is 9.84 Å². The van der Waals surface area contributed by atoms with E-state index in [1.54, 1.807) is 18.1 Å². The van der Waals surface area contributed by atoms with Crippen LogP contribution in [0.5, 0.6) is 0 Å². The van der Waals surface area contributed by atoms with Crippen molar-refractivity contribution in [2.45, 2.75) is 32.2 Å². The Balaban J connectivity index is 4.06. The predicted molar refractivity (Wildman–Crippen MR) is 73.1 cm³/mol. The summed E-state index contributed by atoms with van der Waals surface area (Å²) in [6.45, 7) is 6.89. The van der Waals surface area contributed by atoms with Gasteiger partial charge < -0.3 is 20.1 Å². The number of carbonyl (C=O) groups is 2. The fraction of sp³-hybridized carbons (Fsp3) is 0.692. The normalized spacial score (nSPS) is 11.7. The SMILES string of the molecule is C=CCN(CCOC)C(=O)NC(C)CCCC(=O)O. The molecule has 0 aromatic heterocycles. The fourth-order valence-electron chi connectivity index (χ4n) is 1.57. The molecular weight excluding hydrogens is 248 g/mol. The molecule has 0 radical (unpaired) electrons. The van der Waals surface area contributed by atoms with Gasteiger partial charge in [-0.3, -0.25) is 4.79 Å². The molecule has 0 aliphatic carbocycles. The van der Waals surface area contributed by atoms with Crippen LogP contribution < -0.4 is 5.32 Å². The van der Waals surface area contributed by atoms with Crippen molar-refractivity contribution in [2.24, 2.45) is 0 Å². The number of urea groups is 1. The van der Waals surface area contributed by atoms with Gasteiger partial charge >= 0.3 is 12.0 Å². The lowest BCUT2D eigenvalue weighted by Crippen LogP contribution is -2.45. The maximum absolute atomic E-state index is 11.9. The molecule has 0 heterocycles. The number of nitrogens with one attached hydrogen (secondary N) is 1. The molecule has 0 saturated heterocycles. The molecule has 0 rings (SSSR count). The van der Waals surface area contributed by atoms with Crippen molar-refractivity contribution in [1.82, 2.24) is 10.2 Å². The number of methoxy groups -OCH3 is 1. The molecule has 0 bridgehead atoms. The Hall–Kier alpha value is -1.56. The molecule has 19 heavy (non-hydrogen) atoms. The van der Waals surface area contributed by atoms with Crippen LogP contribution in [0.15, 0.2) is 12.7 Å². The van der Waals surface area contributed by atoms with E-state index in [0.717, 1.165) is 0 Å². The summed E-state index contributed by atoms with van der Waals surface area (Å²) in [6, 6.07) is -0.235. The van der Waals surface area contributed by atoms with Crippen LogP contribution in [0.4, 0.5) is 4.79 Å². The highest BCUT2D eigenvalue weighted by Gasteiger charge is 2.14. The van der Waals surface area contributed by atoms with Gasteiger partial charge in [-0.25, -0.2) is 4.79 Å². The van der Waals surface area contributed by atoms with Gasteiger partial charge in [-0.2, -0.15) is 0 Å². The molecule has 0 aliphatic rings. The van der Waals surface area contributed by atoms with Gasteiger partial charge in [-0.15, -0.1) is 6.58 Å². The van der Waals surface area contributed by atoms with Gasteiger partial charge in [0.25, 0.3) is 0 Å². The van der Waals surface area contributed by atoms with Crippen LogP contribution in [0.25, 0.3) is 0 Å². The van der Waals surface area contributed by atoms with Crippen LogP contribution >= 0.6 is 0 Å². The number of rotatable bonds is 10. The molecular formula is C13H24N2O4. The first-order valence-corrected chi connectivity index (χ1v) is 6.38. The van der Waals surface area contributed by atoms with Crippen LogP contribution in [-0.4, -0.2) is 54.9 Å². The smallest absolute Gasteiger partial charge is 0.317 e. The Labute approximate surface area is 114 Å². The number of hydrogen-bond acceptors (Lipinski definition) is 3. The summed E-state index contributed by atoms with van der Waals surface area (Å²) in [5, 5.41) is 11.4. The third-order valence-electron chi connectivity index (χ3n) is 2.60. The average molecular weight is 272 g/mol. The summed E-state index contributed by atoms with van der Waals surface area (Å²) < 4.78 is 4.94. The van der Waals surface area contributed by atoms with Crippen molar-refractivity contribution in [3.8, 4) is 0 Å². The van der Waals surface area contributed by atoms with Gasteiger partial charge in [0.05, 0.1) is 6.61 Å². The molecule has 0 spiro atoms. The molecule has 110 valence electrons. The number of hydrogen-bond donors (Lipinski definition) is 2. The summed E-state index contributed by atoms with van der Waals surface area (Å²) in [5.74, 6) is -0.813. The van der Waals surface area contributed by atoms with E-state index < -0.39 is 5.97 Å². The van der Waals surface area contributed by atoms with E-state index in [1.807, 2.05) is 6.92 Å². The highest BCUT2D eigenvalue weighted by atomic mass is 16.5. The number of nitrogens with zero attached hydrogens (tertiary/aromatic N) is 1. The molecule has 0 aliphatic heterocycles. The fourth-order valence-corrected chi connectivity index (χ4v) is 1.57. The Morgan fingerprint density at radius 2 is 2.21 bits per heavy atom. The van der Waals surface area contributed by atoms with Crippen molar-refractivity contribution in [2.75, 3.05) is 26.8 Å². The lowest BCUT2D eigenvalue weighted by Gasteiger charge is -2.23. The number of carboxylic acid groups (broad SMARTS) is 1. The standard InChI is InChI=1S/C13H24N2O4/c1-4-8-15(9-10-19-3)13(18)14-11(2)6-5-7-12(16)17/h4,11H,1,5-10H2,2-3H3,(H,14,18)(H,16,17). The van der Waals surface area contributed by atoms with Crippen LogP contribution in [0.1, 0.15) is 26.2 Å². The molecule has 2 N–H and O–H groups in total. The van der Waals surface area contributed by atoms with Gasteiger partial charge in [0.1, 0.15) is 0 Å². The van der Waals surface area contributed by atoms with Crippen LogP contribution in [-0.2, 0) is 9.53 Å². The van der Waals surface area contributed by atoms with Gasteiger partial charge in [0.15, 0.2) is 0 Å². The first-order chi connectivity index (χ1) is 9.01. The molecule has 0 fully saturated rings. The monoisotopic (exact) mass is 272 g/mol. The highest BCUT2D eigenvalue weighted by Crippen LogP contribution is 2.02. The quantitative estimate of drug-likeness (QED) is 0.590. The summed E-state index contributed by atoms with van der Waals surface area (Å²) in [5.41, 5.74) is 0. The van der Waals surface area contributed by atoms with E-state index in [2.05, 4.69) is 11.9 Å². The van der Waals surface area contributed by atoms with Crippen LogP contribution in [0.3, 0.4) is 0 Å². The second-order valence-electron chi connectivity index (χ2n) is 4.36. The van der Waals surface area contributed by atoms with E-state index >= 15 is 0 Å². The maximum Gasteiger partial charge on any atom is 0.317 e. The minimum Gasteiger partial charge on any atom is -0.481 e. The Morgan fingerprint density at radius 3 is 2.74 bits per heavy atom. The predicted octanol–water partition coefficient (Wildman–Crippen LogP) is 1.47. The third-order valence-corrected chi connectivity index (χ3v) is 2.60. The molecule has 6 nitrogen and oxygen atoms in total. The number of carbonyl (C=O) groups excluding carboxylic acids is 1. The number of carboxylic acids is 1. The molecule has 1 unspecified atom stereocenters. The second-order valence-corrected chi connectivity index (χ2v) is 4.36. The zero-order chi connectivity index (χ0) is 14.7. The van der Waals surface area contributed by atoms with Gasteiger partial charge in [0.2, 0.25) is 0 Å². The minimum atomic E-state index is -0.813. The summed E-state index contributed by atoms with van der Waals surface area (Å²) in [4.78, 5) is 23.9. The zero-order valence-corrected chi connectivity index (χ0v) is 11.7. The van der Waals surface area contributed by atoms with Gasteiger partial charge in [-0.05, 0) is 19.8 Å². The lowest BCUT2D eigenvalue weighted by molar-refractivity contribution is -0.137. The van der Waals surface area contributed by atoms with E-state index in [1.165, 1.54) is 0 Å². The highest BCUT2D eigenvalue weighted by molar-refractivity contribution is 5.74. The minimum absolute atomic E-state index is 0.0540. The Kier molecular flexibility index (Phi) is 9.52. The van der Waals surface area contributed by atoms with E-state index in [0.29, 0.717) is 32.5 Å². The number of aliphatic carboxylic acids is 1. The average Bonchev–Trinajstić information content (AvgIpc) is 2.33. The van der Waals surface area contributed by atoms with Crippen molar-refractivity contribution in [3.63, 3.8) is 0 Å². The first-order valence-electron chi connectivity index (χ1n) is 6.38. The van der Waals surface area contributed by atoms with Crippen molar-refractivity contribution in [3.05, 3.63) is 12.7 Å². The molecule has 0 saturated carbocycles. The Bertz CT molecular complexity index is 294. The summed E-state index contributed by atoms with van der Waals surface area (Å²) in [7, 11) is 1.58. The second kappa shape index (κ2) is 10.4. The molecule has 6 heteroatoms. The largest absolute Gasteiger partial charge is 0.481 e. The van der Waals surface area contributed by atoms with Crippen LogP contribution in [0.2, 0.25) is 0 Å².